The number of esters is 1. The summed E-state index contributed by atoms with van der Waals surface area (Å²) in [7, 11) is 0. The smallest absolute Gasteiger partial charge is 0.342 e. The molecule has 3 rings (SSSR count). The number of ether oxygens (including phenoxy) is 1. The van der Waals surface area contributed by atoms with Gasteiger partial charge in [-0.1, -0.05) is 42.5 Å². The average Bonchev–Trinajstić information content (AvgIpc) is 2.69. The minimum atomic E-state index is -1.57. The lowest BCUT2D eigenvalue weighted by atomic mass is 9.85. The minimum absolute atomic E-state index is 0.128. The van der Waals surface area contributed by atoms with Gasteiger partial charge in [-0.05, 0) is 23.6 Å². The van der Waals surface area contributed by atoms with Crippen LogP contribution in [0, 0.1) is 0 Å². The predicted molar refractivity (Wildman–Crippen MR) is 72.8 cm³/mol. The van der Waals surface area contributed by atoms with Crippen LogP contribution < -0.4 is 0 Å². The number of aliphatic hydroxyl groups excluding tert-OH is 1. The molecule has 1 heterocycles. The van der Waals surface area contributed by atoms with E-state index in [1.54, 1.807) is 6.08 Å². The third-order valence-corrected chi connectivity index (χ3v) is 3.73. The Balaban J connectivity index is 1.75. The number of allylic oxidation sites excluding steroid dienone is 1. The summed E-state index contributed by atoms with van der Waals surface area (Å²) in [5.74, 6) is -0.673. The molecule has 3 atom stereocenters. The van der Waals surface area contributed by atoms with Crippen LogP contribution in [0.4, 0.5) is 0 Å². The van der Waals surface area contributed by atoms with Crippen molar-refractivity contribution < 1.29 is 19.7 Å². The standard InChI is InChI=1S/C16H16O4/c17-14-12(8-4-7-11-5-2-1-3-6-11)9-16(19)10-13(14)20-15(16)18/h1-6,8-9,13-14,17,19H,7,10H2/b8-4+/t13-,14-,16+/m1/s1. The van der Waals surface area contributed by atoms with Gasteiger partial charge in [0.15, 0.2) is 5.60 Å². The molecule has 1 saturated heterocycles. The number of hydrogen-bond acceptors (Lipinski definition) is 4. The molecular formula is C16H16O4. The second-order valence-electron chi connectivity index (χ2n) is 5.25. The van der Waals surface area contributed by atoms with Gasteiger partial charge in [0, 0.05) is 6.42 Å². The summed E-state index contributed by atoms with van der Waals surface area (Å²) in [5, 5.41) is 20.2. The fraction of sp³-hybridized carbons (Fsp3) is 0.312. The molecule has 1 aliphatic heterocycles. The summed E-state index contributed by atoms with van der Waals surface area (Å²) in [6.07, 6.45) is 4.40. The van der Waals surface area contributed by atoms with Crippen LogP contribution in [0.15, 0.2) is 54.1 Å². The van der Waals surface area contributed by atoms with Gasteiger partial charge in [0.1, 0.15) is 12.2 Å². The lowest BCUT2D eigenvalue weighted by Crippen LogP contribution is -2.37. The van der Waals surface area contributed by atoms with E-state index in [1.807, 2.05) is 36.4 Å². The molecule has 2 bridgehead atoms. The Labute approximate surface area is 117 Å². The van der Waals surface area contributed by atoms with Crippen molar-refractivity contribution >= 4 is 5.97 Å². The molecule has 20 heavy (non-hydrogen) atoms. The van der Waals surface area contributed by atoms with Gasteiger partial charge < -0.3 is 14.9 Å². The zero-order valence-corrected chi connectivity index (χ0v) is 10.9. The Hall–Kier alpha value is -1.91. The molecule has 0 aromatic heterocycles. The van der Waals surface area contributed by atoms with Crippen molar-refractivity contribution in [3.8, 4) is 0 Å². The topological polar surface area (TPSA) is 66.8 Å². The number of carbonyl (C=O) groups excluding carboxylic acids is 1. The number of aliphatic hydroxyl groups is 2. The Morgan fingerprint density at radius 2 is 2.10 bits per heavy atom. The highest BCUT2D eigenvalue weighted by Gasteiger charge is 2.52. The molecule has 0 radical (unpaired) electrons. The van der Waals surface area contributed by atoms with Crippen LogP contribution in [-0.2, 0) is 16.0 Å². The zero-order chi connectivity index (χ0) is 14.2. The number of rotatable bonds is 3. The molecule has 0 spiro atoms. The van der Waals surface area contributed by atoms with Gasteiger partial charge in [-0.2, -0.15) is 0 Å². The van der Waals surface area contributed by atoms with E-state index in [9.17, 15) is 15.0 Å². The molecule has 1 aliphatic carbocycles. The summed E-state index contributed by atoms with van der Waals surface area (Å²) in [6, 6.07) is 9.91. The molecule has 0 unspecified atom stereocenters. The Bertz CT molecular complexity index is 575. The fourth-order valence-electron chi connectivity index (χ4n) is 2.63. The first-order chi connectivity index (χ1) is 9.58. The molecule has 1 aromatic carbocycles. The van der Waals surface area contributed by atoms with Crippen molar-refractivity contribution in [3.63, 3.8) is 0 Å². The molecule has 104 valence electrons. The van der Waals surface area contributed by atoms with Gasteiger partial charge in [0.05, 0.1) is 0 Å². The van der Waals surface area contributed by atoms with Crippen LogP contribution in [-0.4, -0.2) is 34.0 Å². The molecule has 0 amide bonds. The first kappa shape index (κ1) is 13.1. The average molecular weight is 272 g/mol. The van der Waals surface area contributed by atoms with Gasteiger partial charge in [-0.25, -0.2) is 4.79 Å². The monoisotopic (exact) mass is 272 g/mol. The van der Waals surface area contributed by atoms with Gasteiger partial charge in [-0.3, -0.25) is 0 Å². The Morgan fingerprint density at radius 1 is 1.35 bits per heavy atom. The number of benzene rings is 1. The minimum Gasteiger partial charge on any atom is -0.457 e. The molecule has 2 aliphatic rings. The highest BCUT2D eigenvalue weighted by Crippen LogP contribution is 2.37. The maximum atomic E-state index is 11.5. The lowest BCUT2D eigenvalue weighted by molar-refractivity contribution is -0.152. The van der Waals surface area contributed by atoms with E-state index in [0.29, 0.717) is 5.57 Å². The first-order valence-corrected chi connectivity index (χ1v) is 6.63. The molecular weight excluding hydrogens is 256 g/mol. The summed E-state index contributed by atoms with van der Waals surface area (Å²) in [4.78, 5) is 11.5. The first-order valence-electron chi connectivity index (χ1n) is 6.63. The van der Waals surface area contributed by atoms with Crippen LogP contribution in [0.5, 0.6) is 0 Å². The van der Waals surface area contributed by atoms with Crippen molar-refractivity contribution in [3.05, 3.63) is 59.7 Å². The molecule has 4 heteroatoms. The van der Waals surface area contributed by atoms with E-state index >= 15 is 0 Å². The second-order valence-corrected chi connectivity index (χ2v) is 5.25. The molecule has 1 aromatic rings. The van der Waals surface area contributed by atoms with E-state index in [1.165, 1.54) is 6.08 Å². The largest absolute Gasteiger partial charge is 0.457 e. The SMILES string of the molecule is O=C1O[C@@H]2C[C@@]1(O)C=C(/C=C/Cc1ccccc1)[C@H]2O. The van der Waals surface area contributed by atoms with Gasteiger partial charge in [0.25, 0.3) is 0 Å². The predicted octanol–water partition coefficient (Wildman–Crippen LogP) is 1.13. The van der Waals surface area contributed by atoms with Crippen molar-refractivity contribution in [2.24, 2.45) is 0 Å². The quantitative estimate of drug-likeness (QED) is 0.810. The molecule has 4 nitrogen and oxygen atoms in total. The van der Waals surface area contributed by atoms with Gasteiger partial charge >= 0.3 is 5.97 Å². The maximum absolute atomic E-state index is 11.5. The van der Waals surface area contributed by atoms with E-state index in [4.69, 9.17) is 4.74 Å². The summed E-state index contributed by atoms with van der Waals surface area (Å²) >= 11 is 0. The maximum Gasteiger partial charge on any atom is 0.342 e. The molecule has 0 saturated carbocycles. The summed E-state index contributed by atoms with van der Waals surface area (Å²) in [6.45, 7) is 0. The normalized spacial score (nSPS) is 32.3. The lowest BCUT2D eigenvalue weighted by Gasteiger charge is -2.24. The third kappa shape index (κ3) is 2.28. The summed E-state index contributed by atoms with van der Waals surface area (Å²) < 4.78 is 4.97. The van der Waals surface area contributed by atoms with Crippen LogP contribution in [0.1, 0.15) is 12.0 Å². The Kier molecular flexibility index (Phi) is 3.20. The van der Waals surface area contributed by atoms with Crippen molar-refractivity contribution in [1.82, 2.24) is 0 Å². The van der Waals surface area contributed by atoms with Crippen molar-refractivity contribution in [2.75, 3.05) is 0 Å². The van der Waals surface area contributed by atoms with Crippen LogP contribution in [0.3, 0.4) is 0 Å². The number of fused-ring (bicyclic) bond motifs is 2. The second kappa shape index (κ2) is 4.89. The van der Waals surface area contributed by atoms with Crippen LogP contribution >= 0.6 is 0 Å². The summed E-state index contributed by atoms with van der Waals surface area (Å²) in [5.41, 5.74) is 0.116. The van der Waals surface area contributed by atoms with Crippen molar-refractivity contribution in [1.29, 1.82) is 0 Å². The van der Waals surface area contributed by atoms with Crippen LogP contribution in [0.25, 0.3) is 0 Å². The third-order valence-electron chi connectivity index (χ3n) is 3.73. The van der Waals surface area contributed by atoms with Crippen molar-refractivity contribution in [2.45, 2.75) is 30.7 Å². The Morgan fingerprint density at radius 3 is 2.85 bits per heavy atom. The van der Waals surface area contributed by atoms with E-state index in [0.717, 1.165) is 12.0 Å². The van der Waals surface area contributed by atoms with E-state index in [2.05, 4.69) is 0 Å². The van der Waals surface area contributed by atoms with Crippen LogP contribution in [0.2, 0.25) is 0 Å². The molecule has 2 N–H and O–H groups in total. The number of hydrogen-bond donors (Lipinski definition) is 2. The molecule has 1 fully saturated rings. The highest BCUT2D eigenvalue weighted by atomic mass is 16.6. The van der Waals surface area contributed by atoms with E-state index in [-0.39, 0.29) is 6.42 Å². The van der Waals surface area contributed by atoms with Gasteiger partial charge in [-0.15, -0.1) is 0 Å². The zero-order valence-electron chi connectivity index (χ0n) is 10.9. The number of carbonyl (C=O) groups is 1. The fourth-order valence-corrected chi connectivity index (χ4v) is 2.63. The van der Waals surface area contributed by atoms with Gasteiger partial charge in [0.2, 0.25) is 0 Å². The highest BCUT2D eigenvalue weighted by molar-refractivity contribution is 5.85. The van der Waals surface area contributed by atoms with E-state index < -0.39 is 23.8 Å².